The van der Waals surface area contributed by atoms with Gasteiger partial charge in [0, 0.05) is 12.7 Å². The minimum absolute atomic E-state index is 0.00915. The van der Waals surface area contributed by atoms with Gasteiger partial charge in [-0.05, 0) is 32.8 Å². The fourth-order valence-electron chi connectivity index (χ4n) is 3.12. The Kier molecular flexibility index (Phi) is 3.83. The van der Waals surface area contributed by atoms with Crippen molar-refractivity contribution >= 4 is 17.4 Å². The molecule has 0 amide bonds. The number of aryl methyl sites for hydroxylation is 1. The molecule has 0 aliphatic carbocycles. The van der Waals surface area contributed by atoms with Crippen molar-refractivity contribution in [3.8, 4) is 0 Å². The van der Waals surface area contributed by atoms with Crippen LogP contribution in [0.25, 0.3) is 5.65 Å². The molecule has 4 rings (SSSR count). The maximum atomic E-state index is 12.1. The molecule has 130 valence electrons. The van der Waals surface area contributed by atoms with E-state index >= 15 is 0 Å². The fraction of sp³-hybridized carbons (Fsp3) is 0.438. The lowest BCUT2D eigenvalue weighted by molar-refractivity contribution is 0.0528. The molecule has 0 N–H and O–H groups in total. The zero-order valence-electron chi connectivity index (χ0n) is 14.0. The van der Waals surface area contributed by atoms with Crippen LogP contribution in [-0.4, -0.2) is 43.9 Å². The number of rotatable bonds is 4. The van der Waals surface area contributed by atoms with Gasteiger partial charge in [-0.1, -0.05) is 5.16 Å². The molecular formula is C16H18N6O3. The zero-order chi connectivity index (χ0) is 17.4. The molecule has 1 atom stereocenters. The molecule has 0 bridgehead atoms. The van der Waals surface area contributed by atoms with Gasteiger partial charge in [0.25, 0.3) is 0 Å². The first-order valence-corrected chi connectivity index (χ1v) is 8.25. The van der Waals surface area contributed by atoms with E-state index in [0.717, 1.165) is 25.2 Å². The zero-order valence-corrected chi connectivity index (χ0v) is 14.0. The van der Waals surface area contributed by atoms with E-state index in [2.05, 4.69) is 25.1 Å². The van der Waals surface area contributed by atoms with Crippen LogP contribution >= 0.6 is 0 Å². The lowest BCUT2D eigenvalue weighted by atomic mass is 10.2. The summed E-state index contributed by atoms with van der Waals surface area (Å²) in [7, 11) is 0. The average molecular weight is 342 g/mol. The third-order valence-corrected chi connectivity index (χ3v) is 4.23. The van der Waals surface area contributed by atoms with Crippen molar-refractivity contribution in [2.75, 3.05) is 18.1 Å². The lowest BCUT2D eigenvalue weighted by Crippen LogP contribution is -2.24. The number of anilines is 1. The van der Waals surface area contributed by atoms with E-state index < -0.39 is 5.97 Å². The summed E-state index contributed by atoms with van der Waals surface area (Å²) < 4.78 is 12.0. The number of nitrogens with zero attached hydrogens (tertiary/aromatic N) is 6. The Morgan fingerprint density at radius 3 is 3.08 bits per heavy atom. The van der Waals surface area contributed by atoms with Gasteiger partial charge in [-0.3, -0.25) is 0 Å². The van der Waals surface area contributed by atoms with Gasteiger partial charge in [0.15, 0.2) is 11.5 Å². The summed E-state index contributed by atoms with van der Waals surface area (Å²) in [5, 5.41) is 8.04. The summed E-state index contributed by atoms with van der Waals surface area (Å²) in [5.41, 5.74) is 0.830. The first-order chi connectivity index (χ1) is 12.2. The fourth-order valence-corrected chi connectivity index (χ4v) is 3.12. The maximum Gasteiger partial charge on any atom is 0.343 e. The van der Waals surface area contributed by atoms with E-state index in [1.165, 1.54) is 6.20 Å². The number of ether oxygens (including phenoxy) is 1. The summed E-state index contributed by atoms with van der Waals surface area (Å²) in [5.74, 6) is 1.53. The summed E-state index contributed by atoms with van der Waals surface area (Å²) in [6.07, 6.45) is 5.18. The van der Waals surface area contributed by atoms with Crippen LogP contribution in [0.2, 0.25) is 0 Å². The third-order valence-electron chi connectivity index (χ3n) is 4.23. The highest BCUT2D eigenvalue weighted by Gasteiger charge is 2.32. The Morgan fingerprint density at radius 1 is 1.44 bits per heavy atom. The van der Waals surface area contributed by atoms with Crippen LogP contribution < -0.4 is 4.90 Å². The lowest BCUT2D eigenvalue weighted by Gasteiger charge is -2.22. The molecule has 0 aromatic carbocycles. The molecule has 0 spiro atoms. The van der Waals surface area contributed by atoms with Crippen molar-refractivity contribution in [1.82, 2.24) is 24.7 Å². The second kappa shape index (κ2) is 6.15. The van der Waals surface area contributed by atoms with Gasteiger partial charge in [-0.25, -0.2) is 14.3 Å². The number of fused-ring (bicyclic) bond motifs is 1. The van der Waals surface area contributed by atoms with Crippen LogP contribution in [0, 0.1) is 6.92 Å². The van der Waals surface area contributed by atoms with Crippen LogP contribution in [0.5, 0.6) is 0 Å². The standard InChI is InChI=1S/C16H18N6O3/c1-3-24-16(23)11-9-17-22-8-6-13(19-14(11)22)21-7-4-5-12(21)15-18-10(2)20-25-15/h6,8-9,12H,3-5,7H2,1-2H3/t12-/m1/s1. The van der Waals surface area contributed by atoms with Gasteiger partial charge in [0.05, 0.1) is 12.8 Å². The van der Waals surface area contributed by atoms with E-state index in [4.69, 9.17) is 9.26 Å². The smallest absolute Gasteiger partial charge is 0.343 e. The predicted molar refractivity (Wildman–Crippen MR) is 87.3 cm³/mol. The Hall–Kier alpha value is -2.97. The van der Waals surface area contributed by atoms with Crippen molar-refractivity contribution in [3.63, 3.8) is 0 Å². The van der Waals surface area contributed by atoms with Gasteiger partial charge < -0.3 is 14.2 Å². The van der Waals surface area contributed by atoms with E-state index in [9.17, 15) is 4.79 Å². The normalized spacial score (nSPS) is 17.4. The molecule has 4 heterocycles. The van der Waals surface area contributed by atoms with Crippen LogP contribution in [0.4, 0.5) is 5.82 Å². The second-order valence-corrected chi connectivity index (χ2v) is 5.86. The molecule has 3 aromatic rings. The Balaban J connectivity index is 1.71. The van der Waals surface area contributed by atoms with Crippen LogP contribution in [0.15, 0.2) is 23.0 Å². The van der Waals surface area contributed by atoms with E-state index in [1.54, 1.807) is 24.6 Å². The molecule has 0 radical (unpaired) electrons. The molecule has 25 heavy (non-hydrogen) atoms. The topological polar surface area (TPSA) is 98.7 Å². The third kappa shape index (κ3) is 2.71. The van der Waals surface area contributed by atoms with Crippen molar-refractivity contribution in [1.29, 1.82) is 0 Å². The molecule has 0 saturated carbocycles. The first kappa shape index (κ1) is 15.6. The number of aromatic nitrogens is 5. The summed E-state index contributed by atoms with van der Waals surface area (Å²) in [6, 6.07) is 1.86. The number of carbonyl (C=O) groups is 1. The van der Waals surface area contributed by atoms with E-state index in [1.807, 2.05) is 6.07 Å². The van der Waals surface area contributed by atoms with Gasteiger partial charge in [-0.15, -0.1) is 0 Å². The molecule has 9 nitrogen and oxygen atoms in total. The number of hydrogen-bond acceptors (Lipinski definition) is 8. The van der Waals surface area contributed by atoms with Gasteiger partial charge in [0.2, 0.25) is 5.89 Å². The average Bonchev–Trinajstić information content (AvgIpc) is 3.32. The van der Waals surface area contributed by atoms with Gasteiger partial charge in [-0.2, -0.15) is 10.1 Å². The Bertz CT molecular complexity index is 918. The quantitative estimate of drug-likeness (QED) is 0.663. The van der Waals surface area contributed by atoms with Crippen molar-refractivity contribution in [3.05, 3.63) is 35.7 Å². The molecule has 1 aliphatic heterocycles. The van der Waals surface area contributed by atoms with Gasteiger partial charge >= 0.3 is 5.97 Å². The monoisotopic (exact) mass is 342 g/mol. The van der Waals surface area contributed by atoms with Crippen molar-refractivity contribution < 1.29 is 14.1 Å². The molecular weight excluding hydrogens is 324 g/mol. The highest BCUT2D eigenvalue weighted by atomic mass is 16.5. The van der Waals surface area contributed by atoms with Gasteiger partial charge in [0.1, 0.15) is 17.4 Å². The van der Waals surface area contributed by atoms with Crippen LogP contribution in [-0.2, 0) is 4.74 Å². The summed E-state index contributed by atoms with van der Waals surface area (Å²) in [6.45, 7) is 4.71. The minimum atomic E-state index is -0.423. The number of hydrogen-bond donors (Lipinski definition) is 0. The SMILES string of the molecule is CCOC(=O)c1cnn2ccc(N3CCC[C@@H]3c3nc(C)no3)nc12. The Labute approximate surface area is 143 Å². The molecule has 9 heteroatoms. The van der Waals surface area contributed by atoms with Crippen LogP contribution in [0.1, 0.15) is 47.9 Å². The second-order valence-electron chi connectivity index (χ2n) is 5.86. The van der Waals surface area contributed by atoms with E-state index in [0.29, 0.717) is 29.5 Å². The Morgan fingerprint density at radius 2 is 2.32 bits per heavy atom. The predicted octanol–water partition coefficient (Wildman–Crippen LogP) is 1.94. The van der Waals surface area contributed by atoms with Crippen molar-refractivity contribution in [2.24, 2.45) is 0 Å². The highest BCUT2D eigenvalue weighted by molar-refractivity contribution is 5.95. The summed E-state index contributed by atoms with van der Waals surface area (Å²) in [4.78, 5) is 23.2. The van der Waals surface area contributed by atoms with Crippen molar-refractivity contribution in [2.45, 2.75) is 32.7 Å². The summed E-state index contributed by atoms with van der Waals surface area (Å²) >= 11 is 0. The number of esters is 1. The first-order valence-electron chi connectivity index (χ1n) is 8.25. The van der Waals surface area contributed by atoms with E-state index in [-0.39, 0.29) is 6.04 Å². The molecule has 1 fully saturated rings. The number of carbonyl (C=O) groups excluding carboxylic acids is 1. The largest absolute Gasteiger partial charge is 0.462 e. The molecule has 3 aromatic heterocycles. The molecule has 1 aliphatic rings. The highest BCUT2D eigenvalue weighted by Crippen LogP contribution is 2.34. The van der Waals surface area contributed by atoms with Crippen LogP contribution in [0.3, 0.4) is 0 Å². The maximum absolute atomic E-state index is 12.1. The minimum Gasteiger partial charge on any atom is -0.462 e. The molecule has 0 unspecified atom stereocenters. The molecule has 1 saturated heterocycles.